The summed E-state index contributed by atoms with van der Waals surface area (Å²) in [6.07, 6.45) is 3.39. The third kappa shape index (κ3) is 4.77. The molecule has 3 aromatic rings. The lowest BCUT2D eigenvalue weighted by Crippen LogP contribution is -2.23. The van der Waals surface area contributed by atoms with Crippen LogP contribution in [-0.2, 0) is 13.2 Å². The molecular formula is C18H17N3O3S. The minimum Gasteiger partial charge on any atom is -0.497 e. The molecule has 2 aromatic heterocycles. The summed E-state index contributed by atoms with van der Waals surface area (Å²) in [5.41, 5.74) is 1.38. The zero-order valence-corrected chi connectivity index (χ0v) is 14.5. The fourth-order valence-electron chi connectivity index (χ4n) is 2.07. The highest BCUT2D eigenvalue weighted by molar-refractivity contribution is 7.09. The summed E-state index contributed by atoms with van der Waals surface area (Å²) in [6.45, 7) is 0.755. The number of aromatic nitrogens is 2. The van der Waals surface area contributed by atoms with E-state index in [0.29, 0.717) is 18.8 Å². The molecule has 0 radical (unpaired) electrons. The highest BCUT2D eigenvalue weighted by atomic mass is 32.1. The molecule has 0 spiro atoms. The van der Waals surface area contributed by atoms with Gasteiger partial charge in [-0.3, -0.25) is 9.78 Å². The largest absolute Gasteiger partial charge is 0.497 e. The Kier molecular flexibility index (Phi) is 5.58. The number of carbonyl (C=O) groups is 1. The van der Waals surface area contributed by atoms with Crippen molar-refractivity contribution < 1.29 is 14.3 Å². The Labute approximate surface area is 149 Å². The molecule has 2 heterocycles. The molecule has 128 valence electrons. The maximum absolute atomic E-state index is 12.1. The van der Waals surface area contributed by atoms with Gasteiger partial charge in [-0.2, -0.15) is 0 Å². The van der Waals surface area contributed by atoms with Crippen molar-refractivity contribution in [2.24, 2.45) is 0 Å². The quantitative estimate of drug-likeness (QED) is 0.705. The highest BCUT2D eigenvalue weighted by Gasteiger charge is 2.11. The van der Waals surface area contributed by atoms with Crippen molar-refractivity contribution in [1.29, 1.82) is 0 Å². The first-order valence-electron chi connectivity index (χ1n) is 7.63. The molecule has 7 heteroatoms. The maximum atomic E-state index is 12.1. The van der Waals surface area contributed by atoms with Crippen molar-refractivity contribution in [2.75, 3.05) is 7.11 Å². The predicted molar refractivity (Wildman–Crippen MR) is 94.8 cm³/mol. The molecule has 0 saturated heterocycles. The number of nitrogens with zero attached hydrogens (tertiary/aromatic N) is 2. The first-order valence-corrected chi connectivity index (χ1v) is 8.51. The van der Waals surface area contributed by atoms with Gasteiger partial charge >= 0.3 is 0 Å². The lowest BCUT2D eigenvalue weighted by molar-refractivity contribution is 0.0946. The number of pyridine rings is 1. The van der Waals surface area contributed by atoms with Crippen molar-refractivity contribution in [1.82, 2.24) is 15.3 Å². The monoisotopic (exact) mass is 355 g/mol. The summed E-state index contributed by atoms with van der Waals surface area (Å²) in [7, 11) is 1.62. The zero-order valence-electron chi connectivity index (χ0n) is 13.6. The Morgan fingerprint density at radius 2 is 1.84 bits per heavy atom. The minimum absolute atomic E-state index is 0.205. The molecule has 1 N–H and O–H groups in total. The molecule has 0 aliphatic carbocycles. The normalized spacial score (nSPS) is 10.3. The Hall–Kier alpha value is -2.93. The van der Waals surface area contributed by atoms with Gasteiger partial charge in [-0.25, -0.2) is 4.98 Å². The van der Waals surface area contributed by atoms with Crippen LogP contribution in [0.5, 0.6) is 11.5 Å². The number of carbonyl (C=O) groups excluding carboxylic acids is 1. The maximum Gasteiger partial charge on any atom is 0.271 e. The van der Waals surface area contributed by atoms with E-state index >= 15 is 0 Å². The van der Waals surface area contributed by atoms with Crippen molar-refractivity contribution >= 4 is 17.2 Å². The predicted octanol–water partition coefficient (Wildman–Crippen LogP) is 3.06. The van der Waals surface area contributed by atoms with E-state index in [1.165, 1.54) is 11.3 Å². The molecule has 0 aliphatic rings. The lowest BCUT2D eigenvalue weighted by Gasteiger charge is -2.05. The third-order valence-electron chi connectivity index (χ3n) is 3.41. The van der Waals surface area contributed by atoms with Crippen LogP contribution < -0.4 is 14.8 Å². The summed E-state index contributed by atoms with van der Waals surface area (Å²) in [5.74, 6) is 1.29. The van der Waals surface area contributed by atoms with Crippen LogP contribution in [0.15, 0.2) is 54.2 Å². The molecule has 3 rings (SSSR count). The van der Waals surface area contributed by atoms with E-state index < -0.39 is 0 Å². The number of thiazole rings is 1. The number of methoxy groups -OCH3 is 1. The van der Waals surface area contributed by atoms with Gasteiger partial charge in [0.05, 0.1) is 7.11 Å². The minimum atomic E-state index is -0.205. The van der Waals surface area contributed by atoms with Crippen LogP contribution in [0.4, 0.5) is 0 Å². The SMILES string of the molecule is COc1ccc(OCc2nc(C(=O)NCc3ccncc3)cs2)cc1. The van der Waals surface area contributed by atoms with E-state index in [1.54, 1.807) is 24.9 Å². The first-order chi connectivity index (χ1) is 12.2. The number of amides is 1. The van der Waals surface area contributed by atoms with Gasteiger partial charge in [-0.1, -0.05) is 0 Å². The van der Waals surface area contributed by atoms with Crippen molar-refractivity contribution in [3.63, 3.8) is 0 Å². The van der Waals surface area contributed by atoms with Crippen LogP contribution in [0.2, 0.25) is 0 Å². The van der Waals surface area contributed by atoms with Gasteiger partial charge in [0.1, 0.15) is 28.8 Å². The van der Waals surface area contributed by atoms with Crippen molar-refractivity contribution in [3.05, 3.63) is 70.4 Å². The molecule has 0 fully saturated rings. The van der Waals surface area contributed by atoms with Gasteiger partial charge in [0, 0.05) is 24.3 Å². The van der Waals surface area contributed by atoms with Gasteiger partial charge in [0.15, 0.2) is 0 Å². The van der Waals surface area contributed by atoms with Crippen LogP contribution >= 0.6 is 11.3 Å². The van der Waals surface area contributed by atoms with Gasteiger partial charge in [-0.05, 0) is 42.0 Å². The number of nitrogens with one attached hydrogen (secondary N) is 1. The van der Waals surface area contributed by atoms with Gasteiger partial charge < -0.3 is 14.8 Å². The average molecular weight is 355 g/mol. The molecule has 1 aromatic carbocycles. The second-order valence-electron chi connectivity index (χ2n) is 5.13. The number of hydrogen-bond acceptors (Lipinski definition) is 6. The Morgan fingerprint density at radius 3 is 2.56 bits per heavy atom. The molecular weight excluding hydrogens is 338 g/mol. The van der Waals surface area contributed by atoms with E-state index in [-0.39, 0.29) is 5.91 Å². The summed E-state index contributed by atoms with van der Waals surface area (Å²) in [4.78, 5) is 20.4. The fraction of sp³-hybridized carbons (Fsp3) is 0.167. The zero-order chi connectivity index (χ0) is 17.5. The molecule has 0 unspecified atom stereocenters. The fourth-order valence-corrected chi connectivity index (χ4v) is 2.76. The second kappa shape index (κ2) is 8.25. The van der Waals surface area contributed by atoms with Crippen LogP contribution in [0.3, 0.4) is 0 Å². The van der Waals surface area contributed by atoms with Crippen LogP contribution in [0.25, 0.3) is 0 Å². The van der Waals surface area contributed by atoms with E-state index in [0.717, 1.165) is 22.1 Å². The third-order valence-corrected chi connectivity index (χ3v) is 4.23. The topological polar surface area (TPSA) is 73.3 Å². The lowest BCUT2D eigenvalue weighted by atomic mass is 10.2. The Bertz CT molecular complexity index is 819. The first kappa shape index (κ1) is 16.9. The molecule has 0 atom stereocenters. The summed E-state index contributed by atoms with van der Waals surface area (Å²) >= 11 is 1.39. The summed E-state index contributed by atoms with van der Waals surface area (Å²) < 4.78 is 10.8. The van der Waals surface area contributed by atoms with Crippen LogP contribution in [0, 0.1) is 0 Å². The molecule has 0 aliphatic heterocycles. The van der Waals surface area contributed by atoms with Crippen LogP contribution in [0.1, 0.15) is 21.1 Å². The van der Waals surface area contributed by atoms with Gasteiger partial charge in [0.2, 0.25) is 0 Å². The number of rotatable bonds is 7. The van der Waals surface area contributed by atoms with Gasteiger partial charge in [-0.15, -0.1) is 11.3 Å². The standard InChI is InChI=1S/C18H17N3O3S/c1-23-14-2-4-15(5-3-14)24-11-17-21-16(12-25-17)18(22)20-10-13-6-8-19-9-7-13/h2-9,12H,10-11H2,1H3,(H,20,22). The number of ether oxygens (including phenoxy) is 2. The van der Waals surface area contributed by atoms with E-state index in [4.69, 9.17) is 9.47 Å². The van der Waals surface area contributed by atoms with Crippen molar-refractivity contribution in [2.45, 2.75) is 13.2 Å². The number of benzene rings is 1. The van der Waals surface area contributed by atoms with Crippen LogP contribution in [-0.4, -0.2) is 23.0 Å². The second-order valence-corrected chi connectivity index (χ2v) is 6.07. The molecule has 25 heavy (non-hydrogen) atoms. The number of hydrogen-bond donors (Lipinski definition) is 1. The van der Waals surface area contributed by atoms with E-state index in [2.05, 4.69) is 15.3 Å². The Balaban J connectivity index is 1.51. The van der Waals surface area contributed by atoms with Crippen molar-refractivity contribution in [3.8, 4) is 11.5 Å². The summed E-state index contributed by atoms with van der Waals surface area (Å²) in [5, 5.41) is 5.31. The molecule has 0 saturated carbocycles. The highest BCUT2D eigenvalue weighted by Crippen LogP contribution is 2.19. The summed E-state index contributed by atoms with van der Waals surface area (Å²) in [6, 6.07) is 11.0. The molecule has 1 amide bonds. The van der Waals surface area contributed by atoms with Gasteiger partial charge in [0.25, 0.3) is 5.91 Å². The smallest absolute Gasteiger partial charge is 0.271 e. The average Bonchev–Trinajstić information content (AvgIpc) is 3.15. The molecule has 6 nitrogen and oxygen atoms in total. The molecule has 0 bridgehead atoms. The van der Waals surface area contributed by atoms with E-state index in [9.17, 15) is 4.79 Å². The Morgan fingerprint density at radius 1 is 1.12 bits per heavy atom. The van der Waals surface area contributed by atoms with E-state index in [1.807, 2.05) is 36.4 Å².